The van der Waals surface area contributed by atoms with Crippen LogP contribution in [0, 0.1) is 5.41 Å². The van der Waals surface area contributed by atoms with Gasteiger partial charge in [0.2, 0.25) is 0 Å². The van der Waals surface area contributed by atoms with Crippen molar-refractivity contribution < 1.29 is 4.74 Å². The van der Waals surface area contributed by atoms with Crippen molar-refractivity contribution in [2.75, 3.05) is 54.0 Å². The van der Waals surface area contributed by atoms with Crippen molar-refractivity contribution in [2.24, 2.45) is 10.4 Å². The Kier molecular flexibility index (Phi) is 5.70. The van der Waals surface area contributed by atoms with E-state index in [1.807, 2.05) is 7.05 Å². The third kappa shape index (κ3) is 3.72. The standard InChI is InChI=1S/C19H36N4O/c1-20-17(23-12-10-18(15-23)11-13-24-16-18)21-14-19(22(2)3)8-6-4-5-7-9-19/h4-16H2,1-3H3,(H,20,21). The highest BCUT2D eigenvalue weighted by Gasteiger charge is 2.42. The first-order valence-corrected chi connectivity index (χ1v) is 9.80. The summed E-state index contributed by atoms with van der Waals surface area (Å²) in [7, 11) is 6.42. The van der Waals surface area contributed by atoms with Crippen LogP contribution in [-0.4, -0.2) is 75.3 Å². The number of likely N-dealkylation sites (N-methyl/N-ethyl adjacent to an activating group) is 1. The summed E-state index contributed by atoms with van der Waals surface area (Å²) >= 11 is 0. The molecule has 24 heavy (non-hydrogen) atoms. The minimum Gasteiger partial charge on any atom is -0.381 e. The van der Waals surface area contributed by atoms with E-state index in [0.29, 0.717) is 5.41 Å². The van der Waals surface area contributed by atoms with Gasteiger partial charge in [-0.05, 0) is 39.8 Å². The van der Waals surface area contributed by atoms with Crippen LogP contribution in [0.2, 0.25) is 0 Å². The van der Waals surface area contributed by atoms with Crippen LogP contribution < -0.4 is 5.32 Å². The van der Waals surface area contributed by atoms with Crippen LogP contribution in [0.1, 0.15) is 51.4 Å². The molecule has 2 heterocycles. The Bertz CT molecular complexity index is 435. The lowest BCUT2D eigenvalue weighted by atomic mass is 9.87. The molecule has 0 aromatic heterocycles. The lowest BCUT2D eigenvalue weighted by Gasteiger charge is -2.40. The van der Waals surface area contributed by atoms with Crippen LogP contribution in [0.15, 0.2) is 4.99 Å². The summed E-state index contributed by atoms with van der Waals surface area (Å²) in [4.78, 5) is 9.50. The Morgan fingerprint density at radius 2 is 1.88 bits per heavy atom. The molecule has 1 unspecified atom stereocenters. The van der Waals surface area contributed by atoms with Crippen molar-refractivity contribution in [3.05, 3.63) is 0 Å². The van der Waals surface area contributed by atoms with Gasteiger partial charge >= 0.3 is 0 Å². The SMILES string of the molecule is CN=C(NCC1(N(C)C)CCCCCC1)N1CCC2(CCOC2)C1. The molecule has 0 aromatic carbocycles. The molecule has 0 aromatic rings. The first-order valence-electron chi connectivity index (χ1n) is 9.80. The van der Waals surface area contributed by atoms with E-state index in [2.05, 4.69) is 34.2 Å². The molecule has 1 aliphatic carbocycles. The number of nitrogens with one attached hydrogen (secondary N) is 1. The lowest BCUT2D eigenvalue weighted by Crippen LogP contribution is -2.54. The number of guanidine groups is 1. The van der Waals surface area contributed by atoms with Crippen LogP contribution in [0.25, 0.3) is 0 Å². The van der Waals surface area contributed by atoms with E-state index in [9.17, 15) is 0 Å². The van der Waals surface area contributed by atoms with Crippen molar-refractivity contribution in [1.82, 2.24) is 15.1 Å². The average molecular weight is 337 g/mol. The summed E-state index contributed by atoms with van der Waals surface area (Å²) in [5.74, 6) is 1.09. The molecule has 1 N–H and O–H groups in total. The highest BCUT2D eigenvalue weighted by atomic mass is 16.5. The summed E-state index contributed by atoms with van der Waals surface area (Å²) in [5, 5.41) is 3.73. The first-order chi connectivity index (χ1) is 11.6. The molecule has 5 heteroatoms. The largest absolute Gasteiger partial charge is 0.381 e. The molecule has 2 saturated heterocycles. The fraction of sp³-hybridized carbons (Fsp3) is 0.947. The van der Waals surface area contributed by atoms with Crippen molar-refractivity contribution in [2.45, 2.75) is 56.9 Å². The lowest BCUT2D eigenvalue weighted by molar-refractivity contribution is 0.131. The summed E-state index contributed by atoms with van der Waals surface area (Å²) in [6.07, 6.45) is 10.5. The van der Waals surface area contributed by atoms with Crippen LogP contribution in [0.3, 0.4) is 0 Å². The van der Waals surface area contributed by atoms with Gasteiger partial charge < -0.3 is 19.9 Å². The molecule has 1 saturated carbocycles. The number of rotatable bonds is 3. The highest BCUT2D eigenvalue weighted by molar-refractivity contribution is 5.80. The number of hydrogen-bond donors (Lipinski definition) is 1. The van der Waals surface area contributed by atoms with Gasteiger partial charge in [0.25, 0.3) is 0 Å². The Hall–Kier alpha value is -0.810. The quantitative estimate of drug-likeness (QED) is 0.488. The predicted molar refractivity (Wildman–Crippen MR) is 99.5 cm³/mol. The maximum atomic E-state index is 5.67. The smallest absolute Gasteiger partial charge is 0.193 e. The van der Waals surface area contributed by atoms with E-state index >= 15 is 0 Å². The molecule has 1 atom stereocenters. The topological polar surface area (TPSA) is 40.1 Å². The molecular weight excluding hydrogens is 300 g/mol. The Morgan fingerprint density at radius 3 is 2.46 bits per heavy atom. The fourth-order valence-corrected chi connectivity index (χ4v) is 4.83. The molecule has 0 radical (unpaired) electrons. The van der Waals surface area contributed by atoms with Gasteiger partial charge in [-0.25, -0.2) is 0 Å². The molecule has 3 aliphatic rings. The molecule has 3 fully saturated rings. The number of ether oxygens (including phenoxy) is 1. The third-order valence-electron chi connectivity index (χ3n) is 6.69. The van der Waals surface area contributed by atoms with Gasteiger partial charge in [-0.15, -0.1) is 0 Å². The number of hydrogen-bond acceptors (Lipinski definition) is 3. The van der Waals surface area contributed by atoms with E-state index in [-0.39, 0.29) is 5.54 Å². The van der Waals surface area contributed by atoms with Gasteiger partial charge in [-0.2, -0.15) is 0 Å². The molecule has 0 bridgehead atoms. The van der Waals surface area contributed by atoms with Crippen molar-refractivity contribution in [3.8, 4) is 0 Å². The highest BCUT2D eigenvalue weighted by Crippen LogP contribution is 2.38. The summed E-state index contributed by atoms with van der Waals surface area (Å²) in [5.41, 5.74) is 0.666. The third-order valence-corrected chi connectivity index (χ3v) is 6.69. The molecule has 138 valence electrons. The minimum atomic E-state index is 0.278. The van der Waals surface area contributed by atoms with Gasteiger partial charge in [0.15, 0.2) is 5.96 Å². The normalized spacial score (nSPS) is 31.0. The van der Waals surface area contributed by atoms with E-state index in [4.69, 9.17) is 4.74 Å². The zero-order valence-corrected chi connectivity index (χ0v) is 15.9. The van der Waals surface area contributed by atoms with Gasteiger partial charge in [0.1, 0.15) is 0 Å². The van der Waals surface area contributed by atoms with Gasteiger partial charge in [0, 0.05) is 44.2 Å². The average Bonchev–Trinajstić information content (AvgIpc) is 3.13. The summed E-state index contributed by atoms with van der Waals surface area (Å²) in [6, 6.07) is 0. The van der Waals surface area contributed by atoms with E-state index < -0.39 is 0 Å². The van der Waals surface area contributed by atoms with Crippen LogP contribution in [0.5, 0.6) is 0 Å². The molecule has 3 rings (SSSR count). The van der Waals surface area contributed by atoms with E-state index in [0.717, 1.165) is 38.8 Å². The summed E-state index contributed by atoms with van der Waals surface area (Å²) < 4.78 is 5.67. The number of likely N-dealkylation sites (tertiary alicyclic amines) is 1. The fourth-order valence-electron chi connectivity index (χ4n) is 4.83. The minimum absolute atomic E-state index is 0.278. The second-order valence-electron chi connectivity index (χ2n) is 8.41. The molecule has 5 nitrogen and oxygen atoms in total. The molecular formula is C19H36N4O. The molecule has 0 amide bonds. The van der Waals surface area contributed by atoms with Crippen molar-refractivity contribution in [1.29, 1.82) is 0 Å². The maximum absolute atomic E-state index is 5.67. The zero-order valence-electron chi connectivity index (χ0n) is 15.9. The van der Waals surface area contributed by atoms with Gasteiger partial charge in [-0.1, -0.05) is 25.7 Å². The van der Waals surface area contributed by atoms with E-state index in [1.165, 1.54) is 51.4 Å². The summed E-state index contributed by atoms with van der Waals surface area (Å²) in [6.45, 7) is 5.08. The first kappa shape index (κ1) is 18.0. The maximum Gasteiger partial charge on any atom is 0.193 e. The molecule has 1 spiro atoms. The van der Waals surface area contributed by atoms with Gasteiger partial charge in [0.05, 0.1) is 6.61 Å². The number of aliphatic imine (C=N–C) groups is 1. The Morgan fingerprint density at radius 1 is 1.12 bits per heavy atom. The van der Waals surface area contributed by atoms with Crippen molar-refractivity contribution in [3.63, 3.8) is 0 Å². The second kappa shape index (κ2) is 7.61. The van der Waals surface area contributed by atoms with Crippen LogP contribution in [-0.2, 0) is 4.74 Å². The van der Waals surface area contributed by atoms with Crippen LogP contribution >= 0.6 is 0 Å². The monoisotopic (exact) mass is 336 g/mol. The van der Waals surface area contributed by atoms with Crippen molar-refractivity contribution >= 4 is 5.96 Å². The Balaban J connectivity index is 1.60. The van der Waals surface area contributed by atoms with Gasteiger partial charge in [-0.3, -0.25) is 4.99 Å². The Labute approximate surface area is 147 Å². The zero-order chi connectivity index (χ0) is 17.0. The predicted octanol–water partition coefficient (Wildman–Crippen LogP) is 2.33. The van der Waals surface area contributed by atoms with E-state index in [1.54, 1.807) is 0 Å². The second-order valence-corrected chi connectivity index (χ2v) is 8.41. The van der Waals surface area contributed by atoms with Crippen LogP contribution in [0.4, 0.5) is 0 Å². The number of nitrogens with zero attached hydrogens (tertiary/aromatic N) is 3. The molecule has 2 aliphatic heterocycles.